The van der Waals surface area contributed by atoms with Crippen LogP contribution in [-0.4, -0.2) is 212 Å². The fourth-order valence-corrected chi connectivity index (χ4v) is 15.4. The van der Waals surface area contributed by atoms with Crippen molar-refractivity contribution in [2.75, 3.05) is 26.4 Å². The maximum atomic E-state index is 13.5. The molecule has 0 spiro atoms. The van der Waals surface area contributed by atoms with E-state index in [0.29, 0.717) is 18.4 Å². The van der Waals surface area contributed by atoms with Gasteiger partial charge in [-0.15, -0.1) is 0 Å². The second-order valence-electron chi connectivity index (χ2n) is 31.1. The van der Waals surface area contributed by atoms with Gasteiger partial charge < -0.3 is 109 Å². The molecule has 4 heterocycles. The van der Waals surface area contributed by atoms with Crippen LogP contribution in [0.25, 0.3) is 0 Å². The number of aliphatic hydroxyl groups is 10. The topological polar surface area (TPSA) is 433 Å². The summed E-state index contributed by atoms with van der Waals surface area (Å²) in [7, 11) is -11.9. The maximum absolute atomic E-state index is 13.5. The standard InChI is InChI=1S/C83H138N2O26P2/c1-51(2)26-16-27-52(3)28-17-29-53(4)30-18-31-54(5)32-19-33-55(6)34-20-35-56(7)36-21-37-57(8)38-22-39-58(9)40-23-41-59(10)42-24-43-60(11)44-25-45-61(12)46-47-102-112(98,99)111-113(100,101)110-81-69(85-64(15)90)78(73(94)67(50-88)105-81)107-80-68(84-63(14)89)77(72(93)66(49-87)104-80)108-83-79(75(96)71(92)65(48-86)106-83)109-82-76(97)74(95)70(91)62(13)103-82/h26,28,30,32,34,36,38,40,42,44,46,62,65-83,86-88,91-97H,16-25,27,29,31,33,35,37,39,41,43,45,47-50H2,1-15H3,(H,84,89)(H,85,90)(H,98,99)(H,100,101)/p-2/b52-28+,53-30+,54-32+,55-34-,56-36-,57-38-,58-40-,59-42-,60-44-,61-46-/t62-,65+,66+,67+,68+,69+,70+,71-,72-,73-,74+,75-,76-,77+,78+,79+,80+,81+,82-,83-/m0/s1. The normalized spacial score (nSPS) is 30.9. The second-order valence-corrected chi connectivity index (χ2v) is 34.0. The highest BCUT2D eigenvalue weighted by molar-refractivity contribution is 7.59. The van der Waals surface area contributed by atoms with Crippen molar-refractivity contribution in [1.29, 1.82) is 0 Å². The van der Waals surface area contributed by atoms with E-state index < -0.39 is 177 Å². The molecular weight excluding hydrogens is 1500 g/mol. The summed E-state index contributed by atoms with van der Waals surface area (Å²) in [6.45, 7) is 25.5. The summed E-state index contributed by atoms with van der Waals surface area (Å²) in [6.07, 6.45) is 10.7. The van der Waals surface area contributed by atoms with Crippen LogP contribution >= 0.6 is 15.6 Å². The Bertz CT molecular complexity index is 3380. The third kappa shape index (κ3) is 37.2. The van der Waals surface area contributed by atoms with E-state index in [1.54, 1.807) is 6.92 Å². The van der Waals surface area contributed by atoms with Gasteiger partial charge in [0, 0.05) is 13.8 Å². The Hall–Kier alpha value is -4.34. The van der Waals surface area contributed by atoms with Crippen LogP contribution in [-0.2, 0) is 65.2 Å². The monoisotopic (exact) mass is 1640 g/mol. The van der Waals surface area contributed by atoms with Gasteiger partial charge in [-0.1, -0.05) is 128 Å². The summed E-state index contributed by atoms with van der Waals surface area (Å²) < 4.78 is 81.6. The van der Waals surface area contributed by atoms with Crippen LogP contribution < -0.4 is 20.4 Å². The molecule has 22 atom stereocenters. The number of hydrogen-bond acceptors (Lipinski definition) is 26. The molecule has 4 rings (SSSR count). The van der Waals surface area contributed by atoms with Crippen LogP contribution in [0.3, 0.4) is 0 Å². The first kappa shape index (κ1) is 101. The van der Waals surface area contributed by atoms with Crippen LogP contribution in [0.5, 0.6) is 0 Å². The average Bonchev–Trinajstić information content (AvgIpc) is 0.766. The third-order valence-electron chi connectivity index (χ3n) is 20.4. The second kappa shape index (κ2) is 51.9. The predicted octanol–water partition coefficient (Wildman–Crippen LogP) is 9.79. The molecule has 2 unspecified atom stereocenters. The smallest absolute Gasteiger partial charge is 0.276 e. The van der Waals surface area contributed by atoms with Gasteiger partial charge in [-0.25, -0.2) is 4.31 Å². The number of carbonyl (C=O) groups excluding carboxylic acids is 2. The zero-order valence-corrected chi connectivity index (χ0v) is 71.1. The van der Waals surface area contributed by atoms with Crippen LogP contribution in [0, 0.1) is 0 Å². The summed E-state index contributed by atoms with van der Waals surface area (Å²) in [5, 5.41) is 113. The van der Waals surface area contributed by atoms with Crippen molar-refractivity contribution in [3.63, 3.8) is 0 Å². The number of amides is 2. The van der Waals surface area contributed by atoms with Gasteiger partial charge in [0.15, 0.2) is 25.2 Å². The Balaban J connectivity index is 1.22. The summed E-state index contributed by atoms with van der Waals surface area (Å²) in [6, 6.07) is -3.87. The molecule has 4 saturated heterocycles. The molecule has 0 bridgehead atoms. The minimum atomic E-state index is -6.16. The van der Waals surface area contributed by atoms with Crippen molar-refractivity contribution >= 4 is 27.5 Å². The Morgan fingerprint density at radius 1 is 0.354 bits per heavy atom. The highest BCUT2D eigenvalue weighted by Gasteiger charge is 2.57. The summed E-state index contributed by atoms with van der Waals surface area (Å²) in [5.74, 6) is -1.85. The number of phosphoric acid groups is 2. The van der Waals surface area contributed by atoms with Crippen LogP contribution in [0.15, 0.2) is 128 Å². The molecule has 4 aliphatic heterocycles. The van der Waals surface area contributed by atoms with E-state index in [2.05, 4.69) is 145 Å². The molecule has 0 radical (unpaired) electrons. The van der Waals surface area contributed by atoms with E-state index in [0.717, 1.165) is 129 Å². The first-order chi connectivity index (χ1) is 53.3. The number of ether oxygens (including phenoxy) is 7. The lowest BCUT2D eigenvalue weighted by Gasteiger charge is -2.51. The zero-order chi connectivity index (χ0) is 84.3. The fraction of sp³-hybridized carbons (Fsp3) is 0.711. The van der Waals surface area contributed by atoms with Crippen LogP contribution in [0.2, 0.25) is 0 Å². The minimum absolute atomic E-state index is 0.511. The van der Waals surface area contributed by atoms with E-state index >= 15 is 0 Å². The summed E-state index contributed by atoms with van der Waals surface area (Å²) in [4.78, 5) is 52.3. The van der Waals surface area contributed by atoms with Crippen molar-refractivity contribution in [3.8, 4) is 0 Å². The Morgan fingerprint density at radius 3 is 1.00 bits per heavy atom. The first-order valence-corrected chi connectivity index (χ1v) is 42.8. The van der Waals surface area contributed by atoms with Crippen molar-refractivity contribution in [3.05, 3.63) is 128 Å². The molecule has 30 heteroatoms. The minimum Gasteiger partial charge on any atom is -0.756 e. The van der Waals surface area contributed by atoms with Crippen LogP contribution in [0.1, 0.15) is 232 Å². The molecule has 0 saturated carbocycles. The molecule has 12 N–H and O–H groups in total. The number of aliphatic hydroxyl groups excluding tert-OH is 10. The fourth-order valence-electron chi connectivity index (χ4n) is 13.4. The van der Waals surface area contributed by atoms with Gasteiger partial charge in [0.05, 0.1) is 32.5 Å². The lowest BCUT2D eigenvalue weighted by molar-refractivity contribution is -0.384. The SMILES string of the molecule is CC(=O)N[C@H]1[C@@H](OP(=O)([O-])OP(=O)([O-])OC/C=C(/C)CC/C=C(/C)CC/C=C(/C)CC/C=C(/C)CC/C=C(/C)CC/C=C(/C)CC/C=C(/C)CC/C=C(\C)CC/C=C(\C)CC/C=C(\C)CCC=C(C)C)O[C@H](CO)[C@H](O)[C@@H]1O[C@H]1O[C@H](CO)[C@H](O)[C@H](O[C@@H]2O[C@H](CO)[C@H](O)[C@H](O)[C@H]2O[C@@H]2O[C@@H](C)[C@@H](O)[C@@H](O)[C@@H]2O)[C@H]1NC(C)=O. The molecule has 646 valence electrons. The molecular formula is C83H136N2O26P2-2. The molecule has 0 aromatic heterocycles. The summed E-state index contributed by atoms with van der Waals surface area (Å²) in [5.41, 5.74) is 14.8. The number of allylic oxidation sites excluding steroid dienone is 21. The number of carbonyl (C=O) groups is 2. The van der Waals surface area contributed by atoms with Gasteiger partial charge in [-0.3, -0.25) is 23.2 Å². The number of rotatable bonds is 48. The predicted molar refractivity (Wildman–Crippen MR) is 426 cm³/mol. The molecule has 4 fully saturated rings. The molecule has 28 nitrogen and oxygen atoms in total. The van der Waals surface area contributed by atoms with Gasteiger partial charge in [0.1, 0.15) is 91.4 Å². The van der Waals surface area contributed by atoms with Gasteiger partial charge in [-0.2, -0.15) is 0 Å². The Kier molecular flexibility index (Phi) is 46.4. The van der Waals surface area contributed by atoms with Crippen LogP contribution in [0.4, 0.5) is 0 Å². The Labute approximate surface area is 670 Å². The van der Waals surface area contributed by atoms with Gasteiger partial charge >= 0.3 is 0 Å². The lowest BCUT2D eigenvalue weighted by Crippen LogP contribution is -2.71. The van der Waals surface area contributed by atoms with Crippen molar-refractivity contribution in [1.82, 2.24) is 10.6 Å². The van der Waals surface area contributed by atoms with E-state index in [-0.39, 0.29) is 0 Å². The number of hydrogen-bond donors (Lipinski definition) is 12. The average molecular weight is 1640 g/mol. The van der Waals surface area contributed by atoms with Crippen molar-refractivity contribution in [2.45, 2.75) is 355 Å². The summed E-state index contributed by atoms with van der Waals surface area (Å²) >= 11 is 0. The molecule has 2 amide bonds. The molecule has 4 aliphatic rings. The number of nitrogens with one attached hydrogen (secondary N) is 2. The molecule has 0 aliphatic carbocycles. The van der Waals surface area contributed by atoms with Gasteiger partial charge in [-0.05, 0) is 218 Å². The highest BCUT2D eigenvalue weighted by Crippen LogP contribution is 2.57. The quantitative estimate of drug-likeness (QED) is 0.0199. The van der Waals surface area contributed by atoms with E-state index in [1.165, 1.54) is 68.7 Å². The molecule has 0 aromatic carbocycles. The maximum Gasteiger partial charge on any atom is 0.276 e. The van der Waals surface area contributed by atoms with E-state index in [1.807, 2.05) is 6.92 Å². The number of phosphoric ester groups is 2. The van der Waals surface area contributed by atoms with E-state index in [9.17, 15) is 79.6 Å². The van der Waals surface area contributed by atoms with Crippen molar-refractivity contribution in [2.24, 2.45) is 0 Å². The van der Waals surface area contributed by atoms with Crippen molar-refractivity contribution < 1.29 is 126 Å². The molecule has 0 aromatic rings. The lowest BCUT2D eigenvalue weighted by atomic mass is 9.93. The first-order valence-electron chi connectivity index (χ1n) is 39.9. The highest BCUT2D eigenvalue weighted by atomic mass is 31.3. The zero-order valence-electron chi connectivity index (χ0n) is 69.3. The van der Waals surface area contributed by atoms with Gasteiger partial charge in [0.2, 0.25) is 11.8 Å². The Morgan fingerprint density at radius 2 is 0.655 bits per heavy atom. The van der Waals surface area contributed by atoms with Gasteiger partial charge in [0.25, 0.3) is 15.6 Å². The third-order valence-corrected chi connectivity index (χ3v) is 23.0. The van der Waals surface area contributed by atoms with E-state index in [4.69, 9.17) is 42.2 Å². The molecule has 113 heavy (non-hydrogen) atoms. The largest absolute Gasteiger partial charge is 0.756 e.